The van der Waals surface area contributed by atoms with E-state index in [4.69, 9.17) is 4.74 Å². The first-order valence-corrected chi connectivity index (χ1v) is 13.0. The Labute approximate surface area is 193 Å². The highest BCUT2D eigenvalue weighted by Gasteiger charge is 2.58. The van der Waals surface area contributed by atoms with Crippen molar-refractivity contribution >= 4 is 0 Å². The number of hydrogen-bond acceptors (Lipinski definition) is 5. The lowest BCUT2D eigenvalue weighted by Crippen LogP contribution is -2.52. The Balaban J connectivity index is 1.27. The maximum atomic E-state index is 11.1. The van der Waals surface area contributed by atoms with Crippen molar-refractivity contribution < 1.29 is 9.84 Å². The molecule has 0 bridgehead atoms. The van der Waals surface area contributed by atoms with Gasteiger partial charge in [-0.2, -0.15) is 0 Å². The van der Waals surface area contributed by atoms with Crippen molar-refractivity contribution in [3.63, 3.8) is 0 Å². The van der Waals surface area contributed by atoms with Gasteiger partial charge in [0, 0.05) is 6.61 Å². The summed E-state index contributed by atoms with van der Waals surface area (Å²) < 4.78 is 7.54. The molecule has 1 aromatic heterocycles. The first kappa shape index (κ1) is 22.5. The zero-order chi connectivity index (χ0) is 22.5. The number of fused-ring (bicyclic) bond motifs is 5. The van der Waals surface area contributed by atoms with Crippen LogP contribution in [-0.4, -0.2) is 44.1 Å². The highest BCUT2D eigenvalue weighted by atomic mass is 16.5. The molecule has 0 unspecified atom stereocenters. The molecule has 178 valence electrons. The van der Waals surface area contributed by atoms with Gasteiger partial charge in [-0.05, 0) is 123 Å². The monoisotopic (exact) mass is 442 g/mol. The van der Waals surface area contributed by atoms with Gasteiger partial charge in [0.15, 0.2) is 0 Å². The molecule has 1 aromatic rings. The number of aromatic nitrogens is 4. The van der Waals surface area contributed by atoms with Gasteiger partial charge in [-0.1, -0.05) is 19.1 Å². The van der Waals surface area contributed by atoms with Crippen LogP contribution < -0.4 is 0 Å². The SMILES string of the molecule is C=C(Cn1nnnc1C)[C@H]1CC[C@H]2[C@@H]3CC[C@H]4C[C@@](O)(COCC)CC[C@@H]4[C@H]3CC[C@]12C. The van der Waals surface area contributed by atoms with Gasteiger partial charge in [0.05, 0.1) is 18.8 Å². The Morgan fingerprint density at radius 2 is 1.94 bits per heavy atom. The molecule has 6 nitrogen and oxygen atoms in total. The molecule has 4 fully saturated rings. The third kappa shape index (κ3) is 3.75. The van der Waals surface area contributed by atoms with E-state index in [0.29, 0.717) is 30.5 Å². The number of nitrogens with zero attached hydrogens (tertiary/aromatic N) is 4. The largest absolute Gasteiger partial charge is 0.387 e. The van der Waals surface area contributed by atoms with Crippen LogP contribution >= 0.6 is 0 Å². The van der Waals surface area contributed by atoms with Gasteiger partial charge < -0.3 is 9.84 Å². The van der Waals surface area contributed by atoms with Crippen molar-refractivity contribution in [2.75, 3.05) is 13.2 Å². The summed E-state index contributed by atoms with van der Waals surface area (Å²) in [4.78, 5) is 0. The maximum Gasteiger partial charge on any atom is 0.148 e. The minimum atomic E-state index is -0.586. The standard InChI is InChI=1S/C26H42N4O2/c1-5-32-16-26(31)13-11-20-19(14-26)6-7-22-21(20)10-12-25(4)23(8-9-24(22)25)17(2)15-30-18(3)27-28-29-30/h19-24,31H,2,5-16H2,1,3-4H3/t19-,20-,21+,22+,23+,24-,25+,26+/m0/s1. The van der Waals surface area contributed by atoms with Crippen LogP contribution in [-0.2, 0) is 11.3 Å². The highest BCUT2D eigenvalue weighted by molar-refractivity contribution is 5.16. The lowest BCUT2D eigenvalue weighted by Gasteiger charge is -2.57. The first-order chi connectivity index (χ1) is 15.3. The molecule has 1 N–H and O–H groups in total. The summed E-state index contributed by atoms with van der Waals surface area (Å²) in [5.41, 5.74) is 1.10. The normalized spacial score (nSPS) is 43.4. The van der Waals surface area contributed by atoms with Crippen LogP contribution in [0.15, 0.2) is 12.2 Å². The molecule has 4 aliphatic carbocycles. The molecule has 32 heavy (non-hydrogen) atoms. The topological polar surface area (TPSA) is 73.1 Å². The van der Waals surface area contributed by atoms with Gasteiger partial charge in [0.2, 0.25) is 0 Å². The van der Waals surface area contributed by atoms with E-state index in [-0.39, 0.29) is 0 Å². The van der Waals surface area contributed by atoms with Gasteiger partial charge in [-0.25, -0.2) is 4.68 Å². The number of ether oxygens (including phenoxy) is 1. The summed E-state index contributed by atoms with van der Waals surface area (Å²) >= 11 is 0. The Morgan fingerprint density at radius 3 is 2.69 bits per heavy atom. The molecule has 0 aromatic carbocycles. The third-order valence-corrected chi connectivity index (χ3v) is 10.2. The Morgan fingerprint density at radius 1 is 1.12 bits per heavy atom. The molecule has 1 heterocycles. The van der Waals surface area contributed by atoms with Crippen LogP contribution in [0.5, 0.6) is 0 Å². The fraction of sp³-hybridized carbons (Fsp3) is 0.885. The van der Waals surface area contributed by atoms with Crippen LogP contribution in [0.2, 0.25) is 0 Å². The molecule has 0 amide bonds. The predicted octanol–water partition coefficient (Wildman–Crippen LogP) is 4.57. The lowest BCUT2D eigenvalue weighted by atomic mass is 9.48. The van der Waals surface area contributed by atoms with Crippen molar-refractivity contribution in [1.29, 1.82) is 0 Å². The van der Waals surface area contributed by atoms with Crippen LogP contribution in [0.3, 0.4) is 0 Å². The molecular weight excluding hydrogens is 400 g/mol. The van der Waals surface area contributed by atoms with Gasteiger partial charge in [0.1, 0.15) is 5.82 Å². The summed E-state index contributed by atoms with van der Waals surface area (Å²) in [6.07, 6.45) is 11.0. The van der Waals surface area contributed by atoms with E-state index < -0.39 is 5.60 Å². The van der Waals surface area contributed by atoms with Gasteiger partial charge in [0.25, 0.3) is 0 Å². The number of aryl methyl sites for hydroxylation is 1. The van der Waals surface area contributed by atoms with Gasteiger partial charge in [-0.3, -0.25) is 0 Å². The molecule has 6 heteroatoms. The van der Waals surface area contributed by atoms with E-state index in [1.807, 2.05) is 18.5 Å². The highest BCUT2D eigenvalue weighted by Crippen LogP contribution is 2.65. The van der Waals surface area contributed by atoms with Crippen molar-refractivity contribution in [1.82, 2.24) is 20.2 Å². The summed E-state index contributed by atoms with van der Waals surface area (Å²) in [5.74, 6) is 5.49. The average Bonchev–Trinajstić information content (AvgIpc) is 3.34. The fourth-order valence-corrected chi connectivity index (χ4v) is 8.75. The zero-order valence-electron chi connectivity index (χ0n) is 20.3. The summed E-state index contributed by atoms with van der Waals surface area (Å²) in [6.45, 7) is 13.1. The van der Waals surface area contributed by atoms with Crippen LogP contribution in [0.4, 0.5) is 0 Å². The fourth-order valence-electron chi connectivity index (χ4n) is 8.75. The van der Waals surface area contributed by atoms with Crippen LogP contribution in [0.1, 0.15) is 77.5 Å². The molecule has 5 rings (SSSR count). The molecule has 8 atom stereocenters. The Bertz CT molecular complexity index is 840. The van der Waals surface area contributed by atoms with Gasteiger partial charge in [-0.15, -0.1) is 5.10 Å². The second kappa shape index (κ2) is 8.50. The number of hydrogen-bond donors (Lipinski definition) is 1. The molecule has 0 aliphatic heterocycles. The summed E-state index contributed by atoms with van der Waals surface area (Å²) in [7, 11) is 0. The molecule has 4 aliphatic rings. The van der Waals surface area contributed by atoms with Gasteiger partial charge >= 0.3 is 0 Å². The minimum Gasteiger partial charge on any atom is -0.387 e. The summed E-state index contributed by atoms with van der Waals surface area (Å²) in [6, 6.07) is 0. The molecule has 0 saturated heterocycles. The number of aliphatic hydroxyl groups is 1. The lowest BCUT2D eigenvalue weighted by molar-refractivity contribution is -0.127. The molecular formula is C26H42N4O2. The van der Waals surface area contributed by atoms with E-state index in [9.17, 15) is 5.11 Å². The average molecular weight is 443 g/mol. The second-order valence-corrected chi connectivity index (χ2v) is 11.8. The molecule has 4 saturated carbocycles. The van der Waals surface area contributed by atoms with Crippen molar-refractivity contribution in [2.45, 2.75) is 90.7 Å². The third-order valence-electron chi connectivity index (χ3n) is 10.2. The number of rotatable bonds is 6. The smallest absolute Gasteiger partial charge is 0.148 e. The van der Waals surface area contributed by atoms with Crippen molar-refractivity contribution in [3.8, 4) is 0 Å². The second-order valence-electron chi connectivity index (χ2n) is 11.8. The van der Waals surface area contributed by atoms with Crippen LogP contribution in [0.25, 0.3) is 0 Å². The summed E-state index contributed by atoms with van der Waals surface area (Å²) in [5, 5.41) is 23.1. The number of tetrazole rings is 1. The Hall–Kier alpha value is -1.27. The van der Waals surface area contributed by atoms with Crippen molar-refractivity contribution in [3.05, 3.63) is 18.0 Å². The van der Waals surface area contributed by atoms with Crippen molar-refractivity contribution in [2.24, 2.45) is 40.9 Å². The van der Waals surface area contributed by atoms with E-state index >= 15 is 0 Å². The molecule has 0 radical (unpaired) electrons. The molecule has 0 spiro atoms. The quantitative estimate of drug-likeness (QED) is 0.653. The van der Waals surface area contributed by atoms with E-state index in [2.05, 4.69) is 29.0 Å². The maximum absolute atomic E-state index is 11.1. The van der Waals surface area contributed by atoms with E-state index in [1.165, 1.54) is 50.5 Å². The first-order valence-electron chi connectivity index (χ1n) is 13.0. The predicted molar refractivity (Wildman–Crippen MR) is 124 cm³/mol. The zero-order valence-corrected chi connectivity index (χ0v) is 20.3. The van der Waals surface area contributed by atoms with E-state index in [0.717, 1.165) is 48.9 Å². The number of allylic oxidation sites excluding steroid dienone is 1. The van der Waals surface area contributed by atoms with Crippen LogP contribution in [0, 0.1) is 47.8 Å². The minimum absolute atomic E-state index is 0.372. The van der Waals surface area contributed by atoms with E-state index in [1.54, 1.807) is 0 Å². The Kier molecular flexibility index (Phi) is 5.98.